The van der Waals surface area contributed by atoms with Crippen LogP contribution in [-0.4, -0.2) is 42.1 Å². The van der Waals surface area contributed by atoms with E-state index >= 15 is 0 Å². The van der Waals surface area contributed by atoms with Crippen LogP contribution in [-0.2, 0) is 6.18 Å². The molecular formula is C22H23F3N6O. The van der Waals surface area contributed by atoms with Gasteiger partial charge >= 0.3 is 6.18 Å². The number of halogens is 3. The standard InChI is InChI=1S/C22H23F3N6O/c1-13-9-17(11-18(10-13)22(23,24)25)20(32)30(12-16-5-6-16)14(2)19-28-15(3)29-31(19)21-26-7-4-8-27-21/h4,7-11,14,16H,5-6,12H2,1-3H3. The van der Waals surface area contributed by atoms with E-state index in [9.17, 15) is 18.0 Å². The third-order valence-corrected chi connectivity index (χ3v) is 5.39. The zero-order valence-electron chi connectivity index (χ0n) is 18.0. The number of hydrogen-bond donors (Lipinski definition) is 0. The average Bonchev–Trinajstić information content (AvgIpc) is 3.49. The van der Waals surface area contributed by atoms with Crippen molar-refractivity contribution in [1.29, 1.82) is 0 Å². The summed E-state index contributed by atoms with van der Waals surface area (Å²) in [5.41, 5.74) is -0.459. The van der Waals surface area contributed by atoms with Gasteiger partial charge < -0.3 is 4.90 Å². The smallest absolute Gasteiger partial charge is 0.328 e. The summed E-state index contributed by atoms with van der Waals surface area (Å²) in [6.07, 6.45) is 0.575. The quantitative estimate of drug-likeness (QED) is 0.566. The Balaban J connectivity index is 1.73. The van der Waals surface area contributed by atoms with Crippen LogP contribution in [0.3, 0.4) is 0 Å². The number of rotatable bonds is 6. The molecule has 1 unspecified atom stereocenters. The first-order valence-corrected chi connectivity index (χ1v) is 10.3. The van der Waals surface area contributed by atoms with Gasteiger partial charge in [0.2, 0.25) is 0 Å². The molecule has 1 aliphatic carbocycles. The number of amides is 1. The number of aryl methyl sites for hydroxylation is 2. The van der Waals surface area contributed by atoms with Gasteiger partial charge in [0, 0.05) is 24.5 Å². The predicted molar refractivity (Wildman–Crippen MR) is 110 cm³/mol. The van der Waals surface area contributed by atoms with E-state index in [0.29, 0.717) is 35.6 Å². The van der Waals surface area contributed by atoms with E-state index in [0.717, 1.165) is 25.0 Å². The lowest BCUT2D eigenvalue weighted by Gasteiger charge is -2.29. The fourth-order valence-electron chi connectivity index (χ4n) is 3.62. The van der Waals surface area contributed by atoms with Gasteiger partial charge in [-0.15, -0.1) is 5.10 Å². The van der Waals surface area contributed by atoms with Gasteiger partial charge in [0.15, 0.2) is 5.82 Å². The van der Waals surface area contributed by atoms with Crippen LogP contribution in [0.15, 0.2) is 36.7 Å². The van der Waals surface area contributed by atoms with Crippen molar-refractivity contribution in [1.82, 2.24) is 29.6 Å². The predicted octanol–water partition coefficient (Wildman–Crippen LogP) is 4.31. The Bertz CT molecular complexity index is 1120. The molecule has 3 aromatic rings. The summed E-state index contributed by atoms with van der Waals surface area (Å²) in [5, 5.41) is 4.37. The lowest BCUT2D eigenvalue weighted by Crippen LogP contribution is -2.37. The van der Waals surface area contributed by atoms with E-state index in [1.54, 1.807) is 44.1 Å². The van der Waals surface area contributed by atoms with Gasteiger partial charge in [-0.3, -0.25) is 4.79 Å². The number of aromatic nitrogens is 5. The summed E-state index contributed by atoms with van der Waals surface area (Å²) in [6, 6.07) is 4.56. The third-order valence-electron chi connectivity index (χ3n) is 5.39. The van der Waals surface area contributed by atoms with Crippen molar-refractivity contribution in [2.45, 2.75) is 45.8 Å². The summed E-state index contributed by atoms with van der Waals surface area (Å²) >= 11 is 0. The molecule has 7 nitrogen and oxygen atoms in total. The Kier molecular flexibility index (Phi) is 5.70. The molecule has 2 heterocycles. The minimum Gasteiger partial charge on any atom is -0.328 e. The molecule has 1 saturated carbocycles. The largest absolute Gasteiger partial charge is 0.416 e. The van der Waals surface area contributed by atoms with Crippen LogP contribution in [0, 0.1) is 19.8 Å². The van der Waals surface area contributed by atoms with Crippen LogP contribution in [0.1, 0.15) is 58.9 Å². The van der Waals surface area contributed by atoms with Gasteiger partial charge in [0.25, 0.3) is 11.9 Å². The Morgan fingerprint density at radius 3 is 2.50 bits per heavy atom. The molecule has 0 saturated heterocycles. The molecule has 1 aliphatic rings. The fraction of sp³-hybridized carbons (Fsp3) is 0.409. The topological polar surface area (TPSA) is 76.8 Å². The number of nitrogens with zero attached hydrogens (tertiary/aromatic N) is 6. The van der Waals surface area contributed by atoms with Crippen LogP contribution in [0.25, 0.3) is 5.95 Å². The first-order chi connectivity index (χ1) is 15.1. The maximum absolute atomic E-state index is 13.5. The van der Waals surface area contributed by atoms with Crippen molar-refractivity contribution in [3.8, 4) is 5.95 Å². The summed E-state index contributed by atoms with van der Waals surface area (Å²) in [7, 11) is 0. The second-order valence-electron chi connectivity index (χ2n) is 8.14. The SMILES string of the molecule is Cc1cc(C(=O)N(CC2CC2)C(C)c2nc(C)nn2-c2ncccn2)cc(C(F)(F)F)c1. The molecule has 1 atom stereocenters. The molecule has 0 N–H and O–H groups in total. The lowest BCUT2D eigenvalue weighted by atomic mass is 10.0. The fourth-order valence-corrected chi connectivity index (χ4v) is 3.62. The van der Waals surface area contributed by atoms with Crippen molar-refractivity contribution in [3.05, 3.63) is 65.0 Å². The maximum Gasteiger partial charge on any atom is 0.416 e. The van der Waals surface area contributed by atoms with E-state index in [1.165, 1.54) is 10.7 Å². The summed E-state index contributed by atoms with van der Waals surface area (Å²) < 4.78 is 41.5. The van der Waals surface area contributed by atoms with Crippen molar-refractivity contribution in [3.63, 3.8) is 0 Å². The van der Waals surface area contributed by atoms with Crippen LogP contribution in [0.2, 0.25) is 0 Å². The normalized spacial score (nSPS) is 14.9. The molecule has 4 rings (SSSR count). The van der Waals surface area contributed by atoms with E-state index in [2.05, 4.69) is 20.1 Å². The van der Waals surface area contributed by atoms with Crippen molar-refractivity contribution < 1.29 is 18.0 Å². The van der Waals surface area contributed by atoms with E-state index in [4.69, 9.17) is 0 Å². The minimum absolute atomic E-state index is 0.00331. The minimum atomic E-state index is -4.53. The third kappa shape index (κ3) is 4.63. The molecule has 0 bridgehead atoms. The molecule has 32 heavy (non-hydrogen) atoms. The van der Waals surface area contributed by atoms with Crippen LogP contribution >= 0.6 is 0 Å². The number of benzene rings is 1. The molecule has 168 valence electrons. The Morgan fingerprint density at radius 2 is 1.88 bits per heavy atom. The molecular weight excluding hydrogens is 421 g/mol. The Hall–Kier alpha value is -3.30. The molecule has 1 fully saturated rings. The molecule has 10 heteroatoms. The number of carbonyl (C=O) groups is 1. The van der Waals surface area contributed by atoms with Crippen LogP contribution in [0.4, 0.5) is 13.2 Å². The van der Waals surface area contributed by atoms with Crippen molar-refractivity contribution in [2.75, 3.05) is 6.54 Å². The molecule has 0 aliphatic heterocycles. The monoisotopic (exact) mass is 444 g/mol. The highest BCUT2D eigenvalue weighted by Gasteiger charge is 2.35. The van der Waals surface area contributed by atoms with Gasteiger partial charge in [0.05, 0.1) is 11.6 Å². The van der Waals surface area contributed by atoms with Gasteiger partial charge in [-0.05, 0) is 69.4 Å². The van der Waals surface area contributed by atoms with Crippen LogP contribution in [0.5, 0.6) is 0 Å². The molecule has 0 spiro atoms. The Labute approximate surface area is 183 Å². The van der Waals surface area contributed by atoms with Gasteiger partial charge in [-0.2, -0.15) is 17.9 Å². The maximum atomic E-state index is 13.5. The molecule has 1 aromatic carbocycles. The molecule has 1 amide bonds. The van der Waals surface area contributed by atoms with E-state index < -0.39 is 23.7 Å². The highest BCUT2D eigenvalue weighted by Crippen LogP contribution is 2.35. The zero-order chi connectivity index (χ0) is 23.0. The second kappa shape index (κ2) is 8.33. The number of hydrogen-bond acceptors (Lipinski definition) is 5. The van der Waals surface area contributed by atoms with Crippen LogP contribution < -0.4 is 0 Å². The van der Waals surface area contributed by atoms with Crippen molar-refractivity contribution in [2.24, 2.45) is 5.92 Å². The number of carbonyl (C=O) groups excluding carboxylic acids is 1. The van der Waals surface area contributed by atoms with E-state index in [1.807, 2.05) is 0 Å². The summed E-state index contributed by atoms with van der Waals surface area (Å²) in [6.45, 7) is 5.49. The first-order valence-electron chi connectivity index (χ1n) is 10.3. The zero-order valence-corrected chi connectivity index (χ0v) is 18.0. The highest BCUT2D eigenvalue weighted by molar-refractivity contribution is 5.95. The van der Waals surface area contributed by atoms with Gasteiger partial charge in [-0.1, -0.05) is 0 Å². The lowest BCUT2D eigenvalue weighted by molar-refractivity contribution is -0.137. The van der Waals surface area contributed by atoms with E-state index in [-0.39, 0.29) is 5.56 Å². The highest BCUT2D eigenvalue weighted by atomic mass is 19.4. The Morgan fingerprint density at radius 1 is 1.19 bits per heavy atom. The van der Waals surface area contributed by atoms with Gasteiger partial charge in [-0.25, -0.2) is 15.0 Å². The van der Waals surface area contributed by atoms with Crippen molar-refractivity contribution >= 4 is 5.91 Å². The molecule has 2 aromatic heterocycles. The second-order valence-corrected chi connectivity index (χ2v) is 8.14. The first kappa shape index (κ1) is 21.9. The number of alkyl halides is 3. The average molecular weight is 444 g/mol. The summed E-state index contributed by atoms with van der Waals surface area (Å²) in [4.78, 5) is 28.0. The molecule has 0 radical (unpaired) electrons. The summed E-state index contributed by atoms with van der Waals surface area (Å²) in [5.74, 6) is 1.08. The van der Waals surface area contributed by atoms with Gasteiger partial charge in [0.1, 0.15) is 5.82 Å².